The van der Waals surface area contributed by atoms with Crippen LogP contribution in [-0.4, -0.2) is 50.2 Å². The van der Waals surface area contributed by atoms with Crippen molar-refractivity contribution in [2.75, 3.05) is 49.5 Å². The minimum atomic E-state index is -4.37. The average Bonchev–Trinajstić information content (AvgIpc) is 2.84. The van der Waals surface area contributed by atoms with Gasteiger partial charge in [-0.2, -0.15) is 13.2 Å². The topological polar surface area (TPSA) is 44.5 Å². The number of benzene rings is 2. The van der Waals surface area contributed by atoms with E-state index in [1.807, 2.05) is 0 Å². The molecule has 0 spiro atoms. The van der Waals surface area contributed by atoms with Crippen molar-refractivity contribution in [2.24, 2.45) is 11.7 Å². The van der Waals surface area contributed by atoms with Crippen LogP contribution in [0.2, 0.25) is 0 Å². The minimum absolute atomic E-state index is 0. The van der Waals surface area contributed by atoms with Gasteiger partial charge in [0.05, 0.1) is 5.56 Å². The maximum absolute atomic E-state index is 13.8. The van der Waals surface area contributed by atoms with Crippen LogP contribution < -0.4 is 16.0 Å². The van der Waals surface area contributed by atoms with Crippen LogP contribution in [0.25, 0.3) is 0 Å². The summed E-state index contributed by atoms with van der Waals surface area (Å²) >= 11 is 1.49. The van der Waals surface area contributed by atoms with E-state index in [-0.39, 0.29) is 30.9 Å². The van der Waals surface area contributed by atoms with Gasteiger partial charge in [-0.25, -0.2) is 0 Å². The lowest BCUT2D eigenvalue weighted by atomic mass is 9.97. The maximum atomic E-state index is 13.8. The summed E-state index contributed by atoms with van der Waals surface area (Å²) in [6.07, 6.45) is 0.466. The van der Waals surface area contributed by atoms with E-state index in [0.29, 0.717) is 18.7 Å². The van der Waals surface area contributed by atoms with Crippen LogP contribution in [-0.2, 0) is 12.6 Å². The summed E-state index contributed by atoms with van der Waals surface area (Å²) in [5, 5.41) is 3.50. The van der Waals surface area contributed by atoms with Crippen LogP contribution in [0.15, 0.2) is 40.1 Å². The van der Waals surface area contributed by atoms with Gasteiger partial charge < -0.3 is 20.9 Å². The van der Waals surface area contributed by atoms with Crippen molar-refractivity contribution in [3.8, 4) is 0 Å². The predicted octanol–water partition coefficient (Wildman–Crippen LogP) is 6.68. The average molecular weight is 578 g/mol. The van der Waals surface area contributed by atoms with Gasteiger partial charge in [-0.1, -0.05) is 24.8 Å². The molecule has 5 rings (SSSR count). The first kappa shape index (κ1) is 30.2. The predicted molar refractivity (Wildman–Crippen MR) is 152 cm³/mol. The Morgan fingerprint density at radius 3 is 2.32 bits per heavy atom. The lowest BCUT2D eigenvalue weighted by Gasteiger charge is -2.34. The number of nitrogens with zero attached hydrogens (tertiary/aromatic N) is 2. The number of hydrogen-bond acceptors (Lipinski definition) is 5. The van der Waals surface area contributed by atoms with Gasteiger partial charge in [0.1, 0.15) is 0 Å². The van der Waals surface area contributed by atoms with E-state index >= 15 is 0 Å². The first-order valence-corrected chi connectivity index (χ1v) is 13.6. The highest BCUT2D eigenvalue weighted by molar-refractivity contribution is 7.99. The van der Waals surface area contributed by atoms with Crippen molar-refractivity contribution < 1.29 is 13.2 Å². The molecule has 4 nitrogen and oxygen atoms in total. The number of likely N-dealkylation sites (tertiary alicyclic amines) is 1. The minimum Gasteiger partial charge on any atom is -0.382 e. The molecule has 0 atom stereocenters. The van der Waals surface area contributed by atoms with Gasteiger partial charge in [0.15, 0.2) is 0 Å². The highest BCUT2D eigenvalue weighted by Crippen LogP contribution is 2.46. The van der Waals surface area contributed by atoms with E-state index in [9.17, 15) is 13.2 Å². The van der Waals surface area contributed by atoms with E-state index in [1.54, 1.807) is 0 Å². The van der Waals surface area contributed by atoms with Crippen molar-refractivity contribution in [1.29, 1.82) is 0 Å². The quantitative estimate of drug-likeness (QED) is 0.355. The molecule has 0 amide bonds. The largest absolute Gasteiger partial charge is 0.416 e. The Kier molecular flexibility index (Phi) is 10.4. The molecular formula is C27H37Cl2F3N4S. The van der Waals surface area contributed by atoms with E-state index in [1.165, 1.54) is 48.0 Å². The SMILES string of the molecule is CC1CCN(c2ccc3c(c2)Sc2cc(C(F)(F)F)cc(NC4CCN(CCN)CC4)c2C3)CC1.Cl.Cl. The first-order chi connectivity index (χ1) is 16.8. The second-order valence-corrected chi connectivity index (χ2v) is 11.4. The molecule has 3 heterocycles. The zero-order valence-electron chi connectivity index (χ0n) is 21.2. The smallest absolute Gasteiger partial charge is 0.382 e. The van der Waals surface area contributed by atoms with Gasteiger partial charge in [-0.05, 0) is 67.0 Å². The summed E-state index contributed by atoms with van der Waals surface area (Å²) in [5.74, 6) is 0.754. The van der Waals surface area contributed by atoms with E-state index in [4.69, 9.17) is 5.73 Å². The molecule has 0 aliphatic carbocycles. The fraction of sp³-hybridized carbons (Fsp3) is 0.556. The molecule has 0 saturated carbocycles. The third kappa shape index (κ3) is 7.01. The van der Waals surface area contributed by atoms with Crippen molar-refractivity contribution in [3.05, 3.63) is 47.0 Å². The summed E-state index contributed by atoms with van der Waals surface area (Å²) in [7, 11) is 0. The van der Waals surface area contributed by atoms with E-state index < -0.39 is 11.7 Å². The third-order valence-corrected chi connectivity index (χ3v) is 8.90. The molecule has 37 heavy (non-hydrogen) atoms. The summed E-state index contributed by atoms with van der Waals surface area (Å²) in [5.41, 5.74) is 9.10. The number of anilines is 2. The normalized spacial score (nSPS) is 18.9. The maximum Gasteiger partial charge on any atom is 0.416 e. The molecule has 3 aliphatic rings. The third-order valence-electron chi connectivity index (χ3n) is 7.72. The molecular weight excluding hydrogens is 540 g/mol. The highest BCUT2D eigenvalue weighted by Gasteiger charge is 2.34. The second kappa shape index (κ2) is 12.7. The Balaban J connectivity index is 0.00000190. The molecule has 2 saturated heterocycles. The number of fused-ring (bicyclic) bond motifs is 2. The molecule has 0 aromatic heterocycles. The number of nitrogens with two attached hydrogens (primary N) is 1. The number of nitrogens with one attached hydrogen (secondary N) is 1. The zero-order chi connectivity index (χ0) is 24.6. The molecule has 0 unspecified atom stereocenters. The van der Waals surface area contributed by atoms with E-state index in [2.05, 4.69) is 40.2 Å². The summed E-state index contributed by atoms with van der Waals surface area (Å²) in [6, 6.07) is 9.37. The Hall–Kier alpha value is -1.32. The van der Waals surface area contributed by atoms with Crippen LogP contribution in [0.3, 0.4) is 0 Å². The van der Waals surface area contributed by atoms with Gasteiger partial charge in [0.2, 0.25) is 0 Å². The molecule has 0 radical (unpaired) electrons. The van der Waals surface area contributed by atoms with Gasteiger partial charge in [-0.3, -0.25) is 0 Å². The molecule has 10 heteroatoms. The Bertz CT molecular complexity index is 1050. The van der Waals surface area contributed by atoms with Crippen LogP contribution >= 0.6 is 36.6 Å². The first-order valence-electron chi connectivity index (χ1n) is 12.8. The fourth-order valence-corrected chi connectivity index (χ4v) is 6.65. The Morgan fingerprint density at radius 1 is 0.973 bits per heavy atom. The zero-order valence-corrected chi connectivity index (χ0v) is 23.6. The summed E-state index contributed by atoms with van der Waals surface area (Å²) in [4.78, 5) is 6.53. The summed E-state index contributed by atoms with van der Waals surface area (Å²) < 4.78 is 41.5. The standard InChI is InChI=1S/C27H35F3N4S.2ClH/c1-18-4-11-34(12-5-18)22-3-2-19-14-23-24(32-21-6-9-33(10-7-21)13-8-31)15-20(27(28,29)30)16-26(23)35-25(19)17-22;;/h2-3,15-18,21,32H,4-14,31H2,1H3;2*1H. The number of hydrogen-bond donors (Lipinski definition) is 2. The van der Waals surface area contributed by atoms with Gasteiger partial charge in [-0.15, -0.1) is 24.8 Å². The van der Waals surface area contributed by atoms with Crippen molar-refractivity contribution >= 4 is 48.0 Å². The van der Waals surface area contributed by atoms with Crippen molar-refractivity contribution in [2.45, 2.75) is 61.0 Å². The molecule has 206 valence electrons. The highest BCUT2D eigenvalue weighted by atomic mass is 35.5. The van der Waals surface area contributed by atoms with Gasteiger partial charge >= 0.3 is 6.18 Å². The number of alkyl halides is 3. The number of halogens is 5. The van der Waals surface area contributed by atoms with Gasteiger partial charge in [0.25, 0.3) is 0 Å². The van der Waals surface area contributed by atoms with Crippen molar-refractivity contribution in [3.63, 3.8) is 0 Å². The lowest BCUT2D eigenvalue weighted by molar-refractivity contribution is -0.137. The molecule has 2 aromatic rings. The number of piperidine rings is 2. The number of rotatable bonds is 5. The monoisotopic (exact) mass is 576 g/mol. The second-order valence-electron chi connectivity index (χ2n) is 10.3. The van der Waals surface area contributed by atoms with Crippen LogP contribution in [0.4, 0.5) is 24.5 Å². The molecule has 0 bridgehead atoms. The fourth-order valence-electron chi connectivity index (χ4n) is 5.47. The molecule has 3 N–H and O–H groups in total. The molecule has 3 aliphatic heterocycles. The van der Waals surface area contributed by atoms with Crippen LogP contribution in [0, 0.1) is 5.92 Å². The Morgan fingerprint density at radius 2 is 1.68 bits per heavy atom. The van der Waals surface area contributed by atoms with Crippen LogP contribution in [0.5, 0.6) is 0 Å². The van der Waals surface area contributed by atoms with Crippen molar-refractivity contribution in [1.82, 2.24) is 4.90 Å². The van der Waals surface area contributed by atoms with Gasteiger partial charge in [0, 0.05) is 72.9 Å². The van der Waals surface area contributed by atoms with E-state index in [0.717, 1.165) is 66.8 Å². The molecule has 2 aromatic carbocycles. The van der Waals surface area contributed by atoms with Crippen LogP contribution in [0.1, 0.15) is 49.3 Å². The Labute approximate surface area is 234 Å². The summed E-state index contributed by atoms with van der Waals surface area (Å²) in [6.45, 7) is 7.73. The lowest BCUT2D eigenvalue weighted by Crippen LogP contribution is -2.41. The molecule has 2 fully saturated rings.